The first-order valence-corrected chi connectivity index (χ1v) is 11.8. The van der Waals surface area contributed by atoms with Crippen LogP contribution in [0.4, 0.5) is 28.8 Å². The lowest BCUT2D eigenvalue weighted by atomic mass is 10.1. The molecule has 2 aromatic carbocycles. The number of carbonyl (C=O) groups is 1. The van der Waals surface area contributed by atoms with E-state index in [1.165, 1.54) is 0 Å². The summed E-state index contributed by atoms with van der Waals surface area (Å²) >= 11 is 0. The van der Waals surface area contributed by atoms with E-state index in [9.17, 15) is 4.79 Å². The van der Waals surface area contributed by atoms with E-state index in [-0.39, 0.29) is 5.91 Å². The Morgan fingerprint density at radius 2 is 1.49 bits per heavy atom. The first-order chi connectivity index (χ1) is 17.9. The van der Waals surface area contributed by atoms with Crippen molar-refractivity contribution in [1.29, 1.82) is 0 Å². The summed E-state index contributed by atoms with van der Waals surface area (Å²) in [5, 5.41) is 13.9. The van der Waals surface area contributed by atoms with Crippen LogP contribution in [-0.4, -0.2) is 30.6 Å². The summed E-state index contributed by atoms with van der Waals surface area (Å²) in [4.78, 5) is 26.1. The van der Waals surface area contributed by atoms with Gasteiger partial charge >= 0.3 is 0 Å². The molecule has 0 aliphatic rings. The third-order valence-corrected chi connectivity index (χ3v) is 5.61. The number of nitrogens with zero attached hydrogens (tertiary/aromatic N) is 5. The number of nitrogens with one attached hydrogen (secondary N) is 3. The van der Waals surface area contributed by atoms with Crippen molar-refractivity contribution in [2.45, 2.75) is 13.8 Å². The van der Waals surface area contributed by atoms with Gasteiger partial charge in [0.1, 0.15) is 29.0 Å². The van der Waals surface area contributed by atoms with Gasteiger partial charge in [-0.1, -0.05) is 30.3 Å². The fourth-order valence-corrected chi connectivity index (χ4v) is 3.84. The summed E-state index contributed by atoms with van der Waals surface area (Å²) in [6.45, 7) is 3.84. The third kappa shape index (κ3) is 5.79. The van der Waals surface area contributed by atoms with Crippen LogP contribution < -0.4 is 16.0 Å². The number of rotatable bonds is 7. The highest BCUT2D eigenvalue weighted by atomic mass is 16.2. The average molecular weight is 491 g/mol. The SMILES string of the molecule is Cc1ccnc(Nc2cc(Nc3ccc(NC(=O)c4cc(-c5ccccc5)nn4C)cc3)nc(C)n2)c1. The van der Waals surface area contributed by atoms with E-state index in [4.69, 9.17) is 0 Å². The van der Waals surface area contributed by atoms with Crippen LogP contribution in [0, 0.1) is 13.8 Å². The van der Waals surface area contributed by atoms with Gasteiger partial charge in [-0.2, -0.15) is 5.10 Å². The standard InChI is InChI=1S/C28H26N8O/c1-18-13-14-29-25(15-18)34-27-17-26(30-19(2)31-27)32-21-9-11-22(12-10-21)33-28(37)24-16-23(35-36(24)3)20-7-5-4-6-8-20/h4-17H,1-3H3,(H,33,37)(H2,29,30,31,32,34). The van der Waals surface area contributed by atoms with Crippen molar-refractivity contribution in [3.8, 4) is 11.3 Å². The number of aromatic nitrogens is 5. The van der Waals surface area contributed by atoms with Crippen molar-refractivity contribution >= 4 is 34.7 Å². The number of carbonyl (C=O) groups excluding carboxylic acids is 1. The zero-order chi connectivity index (χ0) is 25.8. The molecule has 0 saturated carbocycles. The number of pyridine rings is 1. The molecule has 0 aliphatic carbocycles. The van der Waals surface area contributed by atoms with Crippen LogP contribution in [-0.2, 0) is 7.05 Å². The predicted octanol–water partition coefficient (Wildman–Crippen LogP) is 5.63. The van der Waals surface area contributed by atoms with E-state index in [2.05, 4.69) is 36.0 Å². The average Bonchev–Trinajstić information content (AvgIpc) is 3.27. The molecule has 3 heterocycles. The minimum atomic E-state index is -0.232. The maximum Gasteiger partial charge on any atom is 0.273 e. The van der Waals surface area contributed by atoms with Crippen molar-refractivity contribution in [2.75, 3.05) is 16.0 Å². The van der Waals surface area contributed by atoms with Crippen molar-refractivity contribution in [3.05, 3.63) is 102 Å². The smallest absolute Gasteiger partial charge is 0.273 e. The fraction of sp³-hybridized carbons (Fsp3) is 0.107. The molecule has 0 radical (unpaired) electrons. The summed E-state index contributed by atoms with van der Waals surface area (Å²) in [5.41, 5.74) is 4.78. The molecule has 3 N–H and O–H groups in total. The van der Waals surface area contributed by atoms with Crippen LogP contribution in [0.15, 0.2) is 85.1 Å². The molecule has 0 unspecified atom stereocenters. The maximum atomic E-state index is 12.9. The quantitative estimate of drug-likeness (QED) is 0.271. The van der Waals surface area contributed by atoms with Crippen molar-refractivity contribution in [3.63, 3.8) is 0 Å². The lowest BCUT2D eigenvalue weighted by molar-refractivity contribution is 0.101. The lowest BCUT2D eigenvalue weighted by Gasteiger charge is -2.11. The number of benzene rings is 2. The van der Waals surface area contributed by atoms with Gasteiger partial charge < -0.3 is 16.0 Å². The highest BCUT2D eigenvalue weighted by molar-refractivity contribution is 6.03. The van der Waals surface area contributed by atoms with Crippen molar-refractivity contribution in [1.82, 2.24) is 24.7 Å². The summed E-state index contributed by atoms with van der Waals surface area (Å²) < 4.78 is 1.59. The highest BCUT2D eigenvalue weighted by Gasteiger charge is 2.14. The van der Waals surface area contributed by atoms with Gasteiger partial charge in [0.05, 0.1) is 5.69 Å². The fourth-order valence-electron chi connectivity index (χ4n) is 3.84. The van der Waals surface area contributed by atoms with Gasteiger partial charge in [0, 0.05) is 36.2 Å². The Balaban J connectivity index is 1.25. The van der Waals surface area contributed by atoms with Crippen LogP contribution in [0.25, 0.3) is 11.3 Å². The summed E-state index contributed by atoms with van der Waals surface area (Å²) in [5.74, 6) is 2.39. The third-order valence-electron chi connectivity index (χ3n) is 5.61. The molecule has 0 bridgehead atoms. The van der Waals surface area contributed by atoms with Crippen molar-refractivity contribution < 1.29 is 4.79 Å². The monoisotopic (exact) mass is 490 g/mol. The topological polar surface area (TPSA) is 110 Å². The minimum absolute atomic E-state index is 0.232. The Morgan fingerprint density at radius 1 is 0.784 bits per heavy atom. The Hall–Kier alpha value is -5.05. The van der Waals surface area contributed by atoms with Crippen LogP contribution in [0.2, 0.25) is 0 Å². The van der Waals surface area contributed by atoms with E-state index in [0.29, 0.717) is 34.7 Å². The Labute approximate surface area is 214 Å². The molecule has 1 amide bonds. The molecule has 184 valence electrons. The second kappa shape index (κ2) is 10.3. The van der Waals surface area contributed by atoms with Gasteiger partial charge in [0.2, 0.25) is 0 Å². The maximum absolute atomic E-state index is 12.9. The first kappa shape index (κ1) is 23.7. The summed E-state index contributed by atoms with van der Waals surface area (Å²) in [7, 11) is 1.76. The second-order valence-corrected chi connectivity index (χ2v) is 8.59. The Morgan fingerprint density at radius 3 is 2.22 bits per heavy atom. The molecular weight excluding hydrogens is 464 g/mol. The van der Waals surface area contributed by atoms with E-state index < -0.39 is 0 Å². The minimum Gasteiger partial charge on any atom is -0.340 e. The second-order valence-electron chi connectivity index (χ2n) is 8.59. The van der Waals surface area contributed by atoms with Crippen LogP contribution in [0.5, 0.6) is 0 Å². The molecule has 0 spiro atoms. The Kier molecular flexibility index (Phi) is 6.58. The van der Waals surface area contributed by atoms with Gasteiger partial charge in [-0.3, -0.25) is 9.48 Å². The summed E-state index contributed by atoms with van der Waals surface area (Å²) in [6.07, 6.45) is 1.75. The van der Waals surface area contributed by atoms with Crippen LogP contribution in [0.1, 0.15) is 21.9 Å². The Bertz CT molecular complexity index is 1540. The number of amides is 1. The number of hydrogen-bond acceptors (Lipinski definition) is 7. The van der Waals surface area contributed by atoms with Gasteiger partial charge in [-0.25, -0.2) is 15.0 Å². The number of aryl methyl sites for hydroxylation is 3. The molecule has 5 rings (SSSR count). The predicted molar refractivity (Wildman–Crippen MR) is 145 cm³/mol. The molecule has 9 nitrogen and oxygen atoms in total. The van der Waals surface area contributed by atoms with Crippen molar-refractivity contribution in [2.24, 2.45) is 7.05 Å². The normalized spacial score (nSPS) is 10.7. The molecular formula is C28H26N8O. The van der Waals surface area contributed by atoms with Gasteiger partial charge in [-0.05, 0) is 61.9 Å². The molecule has 3 aromatic heterocycles. The highest BCUT2D eigenvalue weighted by Crippen LogP contribution is 2.23. The van der Waals surface area contributed by atoms with Gasteiger partial charge in [-0.15, -0.1) is 0 Å². The number of anilines is 5. The van der Waals surface area contributed by atoms with Crippen LogP contribution in [0.3, 0.4) is 0 Å². The molecule has 0 fully saturated rings. The lowest BCUT2D eigenvalue weighted by Crippen LogP contribution is -2.16. The molecule has 0 aliphatic heterocycles. The van der Waals surface area contributed by atoms with E-state index in [0.717, 1.165) is 22.5 Å². The molecule has 37 heavy (non-hydrogen) atoms. The van der Waals surface area contributed by atoms with E-state index >= 15 is 0 Å². The molecule has 5 aromatic rings. The van der Waals surface area contributed by atoms with Gasteiger partial charge in [0.15, 0.2) is 0 Å². The van der Waals surface area contributed by atoms with Gasteiger partial charge in [0.25, 0.3) is 5.91 Å². The summed E-state index contributed by atoms with van der Waals surface area (Å²) in [6, 6.07) is 24.7. The van der Waals surface area contributed by atoms with E-state index in [1.807, 2.05) is 86.6 Å². The van der Waals surface area contributed by atoms with Crippen LogP contribution >= 0.6 is 0 Å². The zero-order valence-electron chi connectivity index (χ0n) is 20.7. The zero-order valence-corrected chi connectivity index (χ0v) is 20.7. The molecule has 0 saturated heterocycles. The molecule has 9 heteroatoms. The van der Waals surface area contributed by atoms with E-state index in [1.54, 1.807) is 24.0 Å². The largest absolute Gasteiger partial charge is 0.340 e. The number of hydrogen-bond donors (Lipinski definition) is 3. The first-order valence-electron chi connectivity index (χ1n) is 11.8. The molecule has 0 atom stereocenters.